The number of hydrogen-bond donors (Lipinski definition) is 0. The molecule has 0 aromatic rings. The molecule has 1 heterocycles. The molecule has 114 valence electrons. The molecule has 0 spiro atoms. The molecule has 0 N–H and O–H groups in total. The van der Waals surface area contributed by atoms with Gasteiger partial charge in [0.1, 0.15) is 0 Å². The Morgan fingerprint density at radius 2 is 1.84 bits per heavy atom. The first-order valence-corrected chi connectivity index (χ1v) is 9.19. The molecule has 0 radical (unpaired) electrons. The van der Waals surface area contributed by atoms with Gasteiger partial charge in [-0.3, -0.25) is 4.57 Å². The summed E-state index contributed by atoms with van der Waals surface area (Å²) in [6.07, 6.45) is 0. The quantitative estimate of drug-likeness (QED) is 0.570. The van der Waals surface area contributed by atoms with Crippen molar-refractivity contribution in [1.82, 2.24) is 9.34 Å². The first-order chi connectivity index (χ1) is 8.75. The van der Waals surface area contributed by atoms with Crippen LogP contribution in [-0.2, 0) is 9.09 Å². The fraction of sp³-hybridized carbons (Fsp3) is 1.00. The van der Waals surface area contributed by atoms with Gasteiger partial charge in [0.15, 0.2) is 0 Å². The molecule has 4 nitrogen and oxygen atoms in total. The van der Waals surface area contributed by atoms with E-state index in [9.17, 15) is 4.57 Å². The lowest BCUT2D eigenvalue weighted by Gasteiger charge is -2.45. The van der Waals surface area contributed by atoms with Gasteiger partial charge >= 0.3 is 7.67 Å². The van der Waals surface area contributed by atoms with E-state index in [4.69, 9.17) is 27.7 Å². The van der Waals surface area contributed by atoms with Crippen molar-refractivity contribution in [2.24, 2.45) is 11.3 Å². The smallest absolute Gasteiger partial charge is 0.306 e. The van der Waals surface area contributed by atoms with Gasteiger partial charge in [0.2, 0.25) is 0 Å². The van der Waals surface area contributed by atoms with Crippen LogP contribution in [0.5, 0.6) is 0 Å². The summed E-state index contributed by atoms with van der Waals surface area (Å²) in [4.78, 5) is 0. The second-order valence-corrected chi connectivity index (χ2v) is 9.26. The minimum Gasteiger partial charge on any atom is -0.306 e. The molecular formula is C12H25Cl2N2O2P. The SMILES string of the molecule is CN1C[C@H](C(C)(C)C)CO[P@]1(=O)N(CCCl)CCCl. The number of nitrogens with zero attached hydrogens (tertiary/aromatic N) is 2. The maximum atomic E-state index is 13.0. The molecule has 0 amide bonds. The Balaban J connectivity index is 2.81. The predicted octanol–water partition coefficient (Wildman–Crippen LogP) is 3.50. The summed E-state index contributed by atoms with van der Waals surface area (Å²) < 4.78 is 22.4. The molecule has 2 atom stereocenters. The molecule has 1 aliphatic heterocycles. The number of hydrogen-bond acceptors (Lipinski definition) is 2. The summed E-state index contributed by atoms with van der Waals surface area (Å²) in [5.74, 6) is 1.20. The molecule has 1 saturated heterocycles. The van der Waals surface area contributed by atoms with Crippen molar-refractivity contribution in [3.63, 3.8) is 0 Å². The zero-order valence-corrected chi connectivity index (χ0v) is 14.6. The van der Waals surface area contributed by atoms with E-state index in [0.717, 1.165) is 6.54 Å². The lowest BCUT2D eigenvalue weighted by molar-refractivity contribution is 0.0727. The van der Waals surface area contributed by atoms with Crippen LogP contribution in [0.2, 0.25) is 0 Å². The van der Waals surface area contributed by atoms with E-state index < -0.39 is 7.67 Å². The van der Waals surface area contributed by atoms with Crippen LogP contribution in [0, 0.1) is 11.3 Å². The standard InChI is InChI=1S/C12H25Cl2N2O2P/c1-12(2,3)11-9-15(4)19(17,18-10-11)16(7-5-13)8-6-14/h11H,5-10H2,1-4H3/t11-,19-/m0/s1. The van der Waals surface area contributed by atoms with Crippen molar-refractivity contribution < 1.29 is 9.09 Å². The highest BCUT2D eigenvalue weighted by Gasteiger charge is 2.43. The van der Waals surface area contributed by atoms with Crippen LogP contribution < -0.4 is 0 Å². The Morgan fingerprint density at radius 3 is 2.21 bits per heavy atom. The summed E-state index contributed by atoms with van der Waals surface area (Å²) in [6.45, 7) is 8.88. The van der Waals surface area contributed by atoms with E-state index in [0.29, 0.717) is 37.4 Å². The van der Waals surface area contributed by atoms with Gasteiger partial charge in [-0.05, 0) is 12.5 Å². The van der Waals surface area contributed by atoms with E-state index in [2.05, 4.69) is 20.8 Å². The molecular weight excluding hydrogens is 306 g/mol. The Labute approximate surface area is 126 Å². The maximum absolute atomic E-state index is 13.0. The topological polar surface area (TPSA) is 32.8 Å². The molecule has 7 heteroatoms. The fourth-order valence-corrected chi connectivity index (χ4v) is 5.06. The van der Waals surface area contributed by atoms with Crippen LogP contribution in [0.4, 0.5) is 0 Å². The first kappa shape index (κ1) is 17.7. The van der Waals surface area contributed by atoms with Crippen molar-refractivity contribution >= 4 is 30.9 Å². The Hall–Kier alpha value is 0.690. The molecule has 1 fully saturated rings. The Morgan fingerprint density at radius 1 is 1.32 bits per heavy atom. The third kappa shape index (κ3) is 4.33. The lowest BCUT2D eigenvalue weighted by atomic mass is 9.81. The molecule has 0 unspecified atom stereocenters. The lowest BCUT2D eigenvalue weighted by Crippen LogP contribution is -2.44. The van der Waals surface area contributed by atoms with Crippen LogP contribution in [-0.4, -0.2) is 54.4 Å². The monoisotopic (exact) mass is 330 g/mol. The highest BCUT2D eigenvalue weighted by molar-refractivity contribution is 7.54. The van der Waals surface area contributed by atoms with Crippen LogP contribution >= 0.6 is 30.9 Å². The van der Waals surface area contributed by atoms with Crippen LogP contribution in [0.1, 0.15) is 20.8 Å². The van der Waals surface area contributed by atoms with Crippen LogP contribution in [0.15, 0.2) is 0 Å². The van der Waals surface area contributed by atoms with Gasteiger partial charge in [-0.25, -0.2) is 9.34 Å². The second kappa shape index (κ2) is 7.11. The maximum Gasteiger partial charge on any atom is 0.345 e. The van der Waals surface area contributed by atoms with Crippen molar-refractivity contribution in [1.29, 1.82) is 0 Å². The minimum absolute atomic E-state index is 0.142. The molecule has 1 rings (SSSR count). The van der Waals surface area contributed by atoms with Crippen LogP contribution in [0.25, 0.3) is 0 Å². The van der Waals surface area contributed by atoms with Crippen molar-refractivity contribution in [3.8, 4) is 0 Å². The van der Waals surface area contributed by atoms with Gasteiger partial charge in [-0.15, -0.1) is 23.2 Å². The van der Waals surface area contributed by atoms with Gasteiger partial charge < -0.3 is 4.52 Å². The molecule has 0 bridgehead atoms. The Kier molecular flexibility index (Phi) is 6.63. The van der Waals surface area contributed by atoms with Gasteiger partial charge in [0.05, 0.1) is 6.61 Å². The van der Waals surface area contributed by atoms with Gasteiger partial charge in [-0.2, -0.15) is 0 Å². The first-order valence-electron chi connectivity index (χ1n) is 6.59. The average Bonchev–Trinajstić information content (AvgIpc) is 2.31. The molecule has 0 aromatic carbocycles. The summed E-state index contributed by atoms with van der Waals surface area (Å²) in [5, 5.41) is 0. The van der Waals surface area contributed by atoms with Crippen molar-refractivity contribution in [2.75, 3.05) is 45.0 Å². The number of alkyl halides is 2. The van der Waals surface area contributed by atoms with Crippen LogP contribution in [0.3, 0.4) is 0 Å². The molecule has 1 aliphatic rings. The average molecular weight is 331 g/mol. The van der Waals surface area contributed by atoms with Gasteiger partial charge in [0, 0.05) is 37.3 Å². The zero-order valence-electron chi connectivity index (χ0n) is 12.2. The second-order valence-electron chi connectivity index (χ2n) is 6.02. The Bertz CT molecular complexity index is 330. The molecule has 19 heavy (non-hydrogen) atoms. The minimum atomic E-state index is -2.96. The normalized spacial score (nSPS) is 29.9. The molecule has 0 saturated carbocycles. The van der Waals surface area contributed by atoms with E-state index in [1.165, 1.54) is 0 Å². The third-order valence-corrected chi connectivity index (χ3v) is 6.59. The van der Waals surface area contributed by atoms with Crippen molar-refractivity contribution in [3.05, 3.63) is 0 Å². The number of rotatable bonds is 5. The largest absolute Gasteiger partial charge is 0.345 e. The molecule has 0 aliphatic carbocycles. The summed E-state index contributed by atoms with van der Waals surface area (Å²) >= 11 is 11.6. The summed E-state index contributed by atoms with van der Waals surface area (Å²) in [5.41, 5.74) is 0.142. The highest BCUT2D eigenvalue weighted by Crippen LogP contribution is 2.57. The summed E-state index contributed by atoms with van der Waals surface area (Å²) in [7, 11) is -1.10. The third-order valence-electron chi connectivity index (χ3n) is 3.63. The van der Waals surface area contributed by atoms with Gasteiger partial charge in [0.25, 0.3) is 0 Å². The van der Waals surface area contributed by atoms with E-state index in [-0.39, 0.29) is 5.41 Å². The van der Waals surface area contributed by atoms with Gasteiger partial charge in [-0.1, -0.05) is 20.8 Å². The summed E-state index contributed by atoms with van der Waals surface area (Å²) in [6, 6.07) is 0. The van der Waals surface area contributed by atoms with Crippen molar-refractivity contribution in [2.45, 2.75) is 20.8 Å². The molecule has 0 aromatic heterocycles. The van der Waals surface area contributed by atoms with E-state index >= 15 is 0 Å². The fourth-order valence-electron chi connectivity index (χ4n) is 2.14. The highest BCUT2D eigenvalue weighted by atomic mass is 35.5. The van der Waals surface area contributed by atoms with E-state index in [1.54, 1.807) is 4.67 Å². The van der Waals surface area contributed by atoms with E-state index in [1.807, 2.05) is 11.7 Å². The predicted molar refractivity (Wildman–Crippen MR) is 82.1 cm³/mol. The zero-order chi connectivity index (χ0) is 14.7. The number of halogens is 2.